The highest BCUT2D eigenvalue weighted by Crippen LogP contribution is 2.25. The summed E-state index contributed by atoms with van der Waals surface area (Å²) in [7, 11) is 0. The van der Waals surface area contributed by atoms with Crippen LogP contribution in [0.5, 0.6) is 5.75 Å². The van der Waals surface area contributed by atoms with Gasteiger partial charge in [0.2, 0.25) is 0 Å². The van der Waals surface area contributed by atoms with E-state index >= 15 is 0 Å². The number of ether oxygens (including phenoxy) is 2. The molecule has 1 N–H and O–H groups in total. The van der Waals surface area contributed by atoms with Gasteiger partial charge in [0.15, 0.2) is 0 Å². The van der Waals surface area contributed by atoms with Crippen LogP contribution in [0.2, 0.25) is 5.02 Å². The first-order valence-electron chi connectivity index (χ1n) is 5.73. The Kier molecular flexibility index (Phi) is 6.34. The lowest BCUT2D eigenvalue weighted by Gasteiger charge is -2.10. The molecule has 1 rings (SSSR count). The second-order valence-corrected chi connectivity index (χ2v) is 4.65. The summed E-state index contributed by atoms with van der Waals surface area (Å²) in [4.78, 5) is 0. The monoisotopic (exact) mass is 258 g/mol. The van der Waals surface area contributed by atoms with Crippen LogP contribution in [0, 0.1) is 5.92 Å². The van der Waals surface area contributed by atoms with Crippen molar-refractivity contribution in [1.82, 2.24) is 0 Å². The molecule has 0 bridgehead atoms. The van der Waals surface area contributed by atoms with Gasteiger partial charge in [-0.05, 0) is 23.6 Å². The van der Waals surface area contributed by atoms with Crippen LogP contribution >= 0.6 is 11.6 Å². The molecular formula is C13H19ClO3. The third-order valence-corrected chi connectivity index (χ3v) is 2.41. The first-order chi connectivity index (χ1) is 8.13. The molecule has 0 spiro atoms. The molecule has 0 radical (unpaired) electrons. The summed E-state index contributed by atoms with van der Waals surface area (Å²) >= 11 is 5.99. The van der Waals surface area contributed by atoms with Crippen molar-refractivity contribution in [3.05, 3.63) is 28.8 Å². The van der Waals surface area contributed by atoms with Gasteiger partial charge in [-0.2, -0.15) is 0 Å². The molecule has 0 unspecified atom stereocenters. The van der Waals surface area contributed by atoms with Crippen molar-refractivity contribution in [1.29, 1.82) is 0 Å². The maximum absolute atomic E-state index is 8.93. The predicted octanol–water partition coefficient (Wildman–Crippen LogP) is 2.88. The predicted molar refractivity (Wildman–Crippen MR) is 68.5 cm³/mol. The van der Waals surface area contributed by atoms with Crippen LogP contribution in [-0.2, 0) is 11.3 Å². The minimum Gasteiger partial charge on any atom is -0.490 e. The van der Waals surface area contributed by atoms with Gasteiger partial charge in [-0.1, -0.05) is 31.5 Å². The van der Waals surface area contributed by atoms with E-state index in [4.69, 9.17) is 26.2 Å². The molecule has 0 aromatic heterocycles. The number of aliphatic hydroxyl groups excluding tert-OH is 1. The normalized spacial score (nSPS) is 10.9. The second-order valence-electron chi connectivity index (χ2n) is 4.24. The summed E-state index contributed by atoms with van der Waals surface area (Å²) in [5.41, 5.74) is 0.776. The van der Waals surface area contributed by atoms with E-state index in [2.05, 4.69) is 13.8 Å². The van der Waals surface area contributed by atoms with Crippen LogP contribution in [0.25, 0.3) is 0 Å². The molecule has 0 aliphatic carbocycles. The summed E-state index contributed by atoms with van der Waals surface area (Å²) in [6, 6.07) is 5.25. The largest absolute Gasteiger partial charge is 0.490 e. The zero-order valence-electron chi connectivity index (χ0n) is 10.3. The number of hydrogen-bond acceptors (Lipinski definition) is 3. The molecule has 0 saturated heterocycles. The highest BCUT2D eigenvalue weighted by atomic mass is 35.5. The van der Waals surface area contributed by atoms with Crippen molar-refractivity contribution < 1.29 is 14.6 Å². The van der Waals surface area contributed by atoms with E-state index < -0.39 is 0 Å². The molecule has 4 heteroatoms. The van der Waals surface area contributed by atoms with Crippen molar-refractivity contribution in [3.63, 3.8) is 0 Å². The zero-order valence-corrected chi connectivity index (χ0v) is 11.0. The molecule has 0 aliphatic rings. The van der Waals surface area contributed by atoms with Crippen LogP contribution < -0.4 is 4.74 Å². The standard InChI is InChI=1S/C13H19ClO3/c1-10(2)9-16-5-6-17-13-4-3-11(8-15)7-12(13)14/h3-4,7,10,15H,5-6,8-9H2,1-2H3. The molecule has 0 amide bonds. The fraction of sp³-hybridized carbons (Fsp3) is 0.538. The Morgan fingerprint density at radius 3 is 2.65 bits per heavy atom. The molecule has 0 atom stereocenters. The Labute approximate surface area is 107 Å². The molecule has 17 heavy (non-hydrogen) atoms. The number of benzene rings is 1. The highest BCUT2D eigenvalue weighted by Gasteiger charge is 2.02. The quantitative estimate of drug-likeness (QED) is 0.765. The summed E-state index contributed by atoms with van der Waals surface area (Å²) in [6.45, 7) is 5.95. The number of aliphatic hydroxyl groups is 1. The molecular weight excluding hydrogens is 240 g/mol. The summed E-state index contributed by atoms with van der Waals surface area (Å²) < 4.78 is 10.9. The van der Waals surface area contributed by atoms with Crippen LogP contribution in [-0.4, -0.2) is 24.9 Å². The van der Waals surface area contributed by atoms with Gasteiger partial charge in [0.05, 0.1) is 18.2 Å². The average molecular weight is 259 g/mol. The Morgan fingerprint density at radius 2 is 2.06 bits per heavy atom. The van der Waals surface area contributed by atoms with Gasteiger partial charge < -0.3 is 14.6 Å². The molecule has 0 heterocycles. The minimum absolute atomic E-state index is 0.0164. The average Bonchev–Trinajstić information content (AvgIpc) is 2.30. The van der Waals surface area contributed by atoms with E-state index in [-0.39, 0.29) is 6.61 Å². The van der Waals surface area contributed by atoms with Crippen LogP contribution in [0.4, 0.5) is 0 Å². The third kappa shape index (κ3) is 5.39. The maximum atomic E-state index is 8.93. The highest BCUT2D eigenvalue weighted by molar-refractivity contribution is 6.32. The maximum Gasteiger partial charge on any atom is 0.138 e. The van der Waals surface area contributed by atoms with Gasteiger partial charge in [0.25, 0.3) is 0 Å². The summed E-state index contributed by atoms with van der Waals surface area (Å²) in [6.07, 6.45) is 0. The van der Waals surface area contributed by atoms with E-state index in [1.165, 1.54) is 0 Å². The first kappa shape index (κ1) is 14.3. The Bertz CT molecular complexity index is 339. The SMILES string of the molecule is CC(C)COCCOc1ccc(CO)cc1Cl. The molecule has 3 nitrogen and oxygen atoms in total. The Morgan fingerprint density at radius 1 is 1.29 bits per heavy atom. The van der Waals surface area contributed by atoms with Crippen molar-refractivity contribution in [2.45, 2.75) is 20.5 Å². The third-order valence-electron chi connectivity index (χ3n) is 2.12. The van der Waals surface area contributed by atoms with Gasteiger partial charge in [-0.3, -0.25) is 0 Å². The minimum atomic E-state index is -0.0164. The molecule has 96 valence electrons. The second kappa shape index (κ2) is 7.54. The Balaban J connectivity index is 2.32. The number of hydrogen-bond donors (Lipinski definition) is 1. The van der Waals surface area contributed by atoms with Gasteiger partial charge in [-0.15, -0.1) is 0 Å². The van der Waals surface area contributed by atoms with Crippen molar-refractivity contribution in [2.24, 2.45) is 5.92 Å². The number of halogens is 1. The first-order valence-corrected chi connectivity index (χ1v) is 6.11. The van der Waals surface area contributed by atoms with E-state index in [0.29, 0.717) is 29.9 Å². The van der Waals surface area contributed by atoms with Crippen LogP contribution in [0.3, 0.4) is 0 Å². The lowest BCUT2D eigenvalue weighted by molar-refractivity contribution is 0.0819. The fourth-order valence-corrected chi connectivity index (χ4v) is 1.55. The molecule has 0 aliphatic heterocycles. The molecule has 0 fully saturated rings. The van der Waals surface area contributed by atoms with Gasteiger partial charge >= 0.3 is 0 Å². The van der Waals surface area contributed by atoms with Gasteiger partial charge in [0.1, 0.15) is 12.4 Å². The number of rotatable bonds is 7. The topological polar surface area (TPSA) is 38.7 Å². The van der Waals surface area contributed by atoms with E-state index in [0.717, 1.165) is 12.2 Å². The fourth-order valence-electron chi connectivity index (χ4n) is 1.29. The van der Waals surface area contributed by atoms with Crippen molar-refractivity contribution in [2.75, 3.05) is 19.8 Å². The molecule has 0 saturated carbocycles. The van der Waals surface area contributed by atoms with E-state index in [1.807, 2.05) is 0 Å². The summed E-state index contributed by atoms with van der Waals surface area (Å²) in [5.74, 6) is 1.15. The zero-order chi connectivity index (χ0) is 12.7. The van der Waals surface area contributed by atoms with Crippen molar-refractivity contribution >= 4 is 11.6 Å². The lowest BCUT2D eigenvalue weighted by Crippen LogP contribution is -2.10. The van der Waals surface area contributed by atoms with Gasteiger partial charge in [-0.25, -0.2) is 0 Å². The van der Waals surface area contributed by atoms with E-state index in [1.54, 1.807) is 18.2 Å². The summed E-state index contributed by atoms with van der Waals surface area (Å²) in [5, 5.41) is 9.45. The van der Waals surface area contributed by atoms with E-state index in [9.17, 15) is 0 Å². The molecule has 1 aromatic rings. The lowest BCUT2D eigenvalue weighted by atomic mass is 10.2. The molecule has 1 aromatic carbocycles. The Hall–Kier alpha value is -0.770. The van der Waals surface area contributed by atoms with Crippen LogP contribution in [0.15, 0.2) is 18.2 Å². The smallest absolute Gasteiger partial charge is 0.138 e. The van der Waals surface area contributed by atoms with Gasteiger partial charge in [0, 0.05) is 6.61 Å². The van der Waals surface area contributed by atoms with Crippen molar-refractivity contribution in [3.8, 4) is 5.75 Å². The van der Waals surface area contributed by atoms with Crippen LogP contribution in [0.1, 0.15) is 19.4 Å².